The van der Waals surface area contributed by atoms with Crippen molar-refractivity contribution in [2.45, 2.75) is 64.1 Å². The first kappa shape index (κ1) is 12.5. The van der Waals surface area contributed by atoms with E-state index in [4.69, 9.17) is 14.2 Å². The Bertz CT molecular complexity index is 310. The van der Waals surface area contributed by atoms with E-state index in [1.165, 1.54) is 0 Å². The minimum atomic E-state index is -0.707. The van der Waals surface area contributed by atoms with Crippen molar-refractivity contribution < 1.29 is 23.8 Å². The van der Waals surface area contributed by atoms with Gasteiger partial charge in [-0.1, -0.05) is 19.8 Å². The number of rotatable bonds is 5. The van der Waals surface area contributed by atoms with E-state index < -0.39 is 18.5 Å². The molecule has 0 aromatic carbocycles. The van der Waals surface area contributed by atoms with Gasteiger partial charge in [0, 0.05) is 6.42 Å². The van der Waals surface area contributed by atoms with Crippen LogP contribution in [-0.2, 0) is 23.8 Å². The first-order valence-electron chi connectivity index (χ1n) is 6.17. The van der Waals surface area contributed by atoms with Gasteiger partial charge in [-0.3, -0.25) is 9.59 Å². The van der Waals surface area contributed by atoms with Crippen LogP contribution in [0.5, 0.6) is 0 Å². The van der Waals surface area contributed by atoms with E-state index in [-0.39, 0.29) is 17.9 Å². The smallest absolute Gasteiger partial charge is 0.308 e. The Morgan fingerprint density at radius 3 is 2.82 bits per heavy atom. The number of esters is 1. The van der Waals surface area contributed by atoms with Crippen LogP contribution in [0.1, 0.15) is 39.5 Å². The number of epoxide rings is 1. The van der Waals surface area contributed by atoms with Crippen LogP contribution < -0.4 is 0 Å². The Labute approximate surface area is 100 Å². The van der Waals surface area contributed by atoms with Gasteiger partial charge in [0.1, 0.15) is 6.10 Å². The number of carbonyl (C=O) groups excluding carboxylic acids is 2. The van der Waals surface area contributed by atoms with Crippen molar-refractivity contribution in [1.82, 2.24) is 0 Å². The molecule has 4 atom stereocenters. The van der Waals surface area contributed by atoms with E-state index in [2.05, 4.69) is 6.92 Å². The topological polar surface area (TPSA) is 65.1 Å². The molecule has 2 aliphatic heterocycles. The van der Waals surface area contributed by atoms with Crippen LogP contribution in [0.15, 0.2) is 0 Å². The lowest BCUT2D eigenvalue weighted by Crippen LogP contribution is -2.42. The number of ketones is 1. The Morgan fingerprint density at radius 1 is 1.35 bits per heavy atom. The van der Waals surface area contributed by atoms with E-state index in [0.717, 1.165) is 19.3 Å². The number of hydrogen-bond acceptors (Lipinski definition) is 5. The number of hydrogen-bond donors (Lipinski definition) is 0. The fourth-order valence-corrected chi connectivity index (χ4v) is 1.94. The van der Waals surface area contributed by atoms with Crippen molar-refractivity contribution in [3.05, 3.63) is 0 Å². The molecule has 2 heterocycles. The number of unbranched alkanes of at least 4 members (excludes halogenated alkanes) is 2. The Morgan fingerprint density at radius 2 is 2.12 bits per heavy atom. The Hall–Kier alpha value is -0.940. The molecule has 0 aromatic heterocycles. The second-order valence-electron chi connectivity index (χ2n) is 4.52. The van der Waals surface area contributed by atoms with Gasteiger partial charge in [0.2, 0.25) is 6.29 Å². The van der Waals surface area contributed by atoms with Crippen molar-refractivity contribution in [2.75, 3.05) is 0 Å². The molecular weight excluding hydrogens is 224 g/mol. The molecule has 0 saturated carbocycles. The van der Waals surface area contributed by atoms with E-state index in [9.17, 15) is 9.59 Å². The van der Waals surface area contributed by atoms with Gasteiger partial charge in [0.15, 0.2) is 18.0 Å². The summed E-state index contributed by atoms with van der Waals surface area (Å²) in [7, 11) is 0. The summed E-state index contributed by atoms with van der Waals surface area (Å²) in [5.41, 5.74) is 0. The van der Waals surface area contributed by atoms with Gasteiger partial charge in [-0.15, -0.1) is 0 Å². The molecule has 0 amide bonds. The van der Waals surface area contributed by atoms with Crippen molar-refractivity contribution in [2.24, 2.45) is 0 Å². The summed E-state index contributed by atoms with van der Waals surface area (Å²) < 4.78 is 15.6. The number of carbonyl (C=O) groups is 2. The van der Waals surface area contributed by atoms with Crippen LogP contribution in [0.4, 0.5) is 0 Å². The molecule has 0 N–H and O–H groups in total. The molecule has 0 aromatic rings. The van der Waals surface area contributed by atoms with E-state index >= 15 is 0 Å². The van der Waals surface area contributed by atoms with Crippen LogP contribution in [0.25, 0.3) is 0 Å². The standard InChI is InChI=1S/C12H18O5/c1-3-4-5-6-8(13)16-12-11-10(17-11)9(14)7(2)15-12/h7,10-12H,3-6H2,1-2H3. The molecular formula is C12H18O5. The molecule has 5 heteroatoms. The predicted molar refractivity (Wildman–Crippen MR) is 58.2 cm³/mol. The maximum Gasteiger partial charge on any atom is 0.308 e. The minimum Gasteiger partial charge on any atom is -0.433 e. The molecule has 0 radical (unpaired) electrons. The summed E-state index contributed by atoms with van der Waals surface area (Å²) in [4.78, 5) is 22.9. The van der Waals surface area contributed by atoms with Crippen LogP contribution in [0.2, 0.25) is 0 Å². The Kier molecular flexibility index (Phi) is 3.79. The summed E-state index contributed by atoms with van der Waals surface area (Å²) in [5.74, 6) is -0.340. The summed E-state index contributed by atoms with van der Waals surface area (Å²) >= 11 is 0. The maximum absolute atomic E-state index is 11.5. The first-order valence-corrected chi connectivity index (χ1v) is 6.17. The van der Waals surface area contributed by atoms with Crippen molar-refractivity contribution in [3.8, 4) is 0 Å². The highest BCUT2D eigenvalue weighted by molar-refractivity contribution is 5.90. The third-order valence-electron chi connectivity index (χ3n) is 3.05. The third kappa shape index (κ3) is 2.84. The normalized spacial score (nSPS) is 35.3. The number of fused-ring (bicyclic) bond motifs is 1. The predicted octanol–water partition coefficient (Wildman–Crippen LogP) is 1.19. The highest BCUT2D eigenvalue weighted by atomic mass is 16.8. The van der Waals surface area contributed by atoms with Crippen molar-refractivity contribution >= 4 is 11.8 Å². The average molecular weight is 242 g/mol. The van der Waals surface area contributed by atoms with Gasteiger partial charge in [-0.05, 0) is 13.3 Å². The summed E-state index contributed by atoms with van der Waals surface area (Å²) in [6.07, 6.45) is 1.24. The number of ether oxygens (including phenoxy) is 3. The largest absolute Gasteiger partial charge is 0.433 e. The van der Waals surface area contributed by atoms with E-state index in [1.807, 2.05) is 0 Å². The summed E-state index contributed by atoms with van der Waals surface area (Å²) in [6.45, 7) is 3.73. The van der Waals surface area contributed by atoms with Gasteiger partial charge < -0.3 is 14.2 Å². The third-order valence-corrected chi connectivity index (χ3v) is 3.05. The zero-order valence-corrected chi connectivity index (χ0v) is 10.2. The molecule has 0 spiro atoms. The summed E-state index contributed by atoms with van der Waals surface area (Å²) in [5, 5.41) is 0. The molecule has 4 unspecified atom stereocenters. The van der Waals surface area contributed by atoms with Crippen molar-refractivity contribution in [1.29, 1.82) is 0 Å². The number of Topliss-reactive ketones (excluding diaryl/α,β-unsaturated/α-hetero) is 1. The van der Waals surface area contributed by atoms with E-state index in [1.54, 1.807) is 6.92 Å². The molecule has 2 aliphatic rings. The molecule has 2 saturated heterocycles. The van der Waals surface area contributed by atoms with Gasteiger partial charge in [0.25, 0.3) is 0 Å². The first-order chi connectivity index (χ1) is 8.13. The van der Waals surface area contributed by atoms with Crippen LogP contribution >= 0.6 is 0 Å². The minimum absolute atomic E-state index is 0.0618. The van der Waals surface area contributed by atoms with Crippen LogP contribution in [0.3, 0.4) is 0 Å². The molecule has 96 valence electrons. The average Bonchev–Trinajstić information content (AvgIpc) is 3.06. The zero-order valence-electron chi connectivity index (χ0n) is 10.2. The lowest BCUT2D eigenvalue weighted by molar-refractivity contribution is -0.198. The molecule has 17 heavy (non-hydrogen) atoms. The van der Waals surface area contributed by atoms with Crippen LogP contribution in [0, 0.1) is 0 Å². The molecule has 2 fully saturated rings. The van der Waals surface area contributed by atoms with Gasteiger partial charge in [-0.2, -0.15) is 0 Å². The summed E-state index contributed by atoms with van der Waals surface area (Å²) in [6, 6.07) is 0. The van der Waals surface area contributed by atoms with Crippen molar-refractivity contribution in [3.63, 3.8) is 0 Å². The fraction of sp³-hybridized carbons (Fsp3) is 0.833. The fourth-order valence-electron chi connectivity index (χ4n) is 1.94. The maximum atomic E-state index is 11.5. The Balaban J connectivity index is 1.76. The van der Waals surface area contributed by atoms with Gasteiger partial charge in [0.05, 0.1) is 0 Å². The highest BCUT2D eigenvalue weighted by Gasteiger charge is 2.58. The lowest BCUT2D eigenvalue weighted by atomic mass is 10.1. The highest BCUT2D eigenvalue weighted by Crippen LogP contribution is 2.35. The second kappa shape index (κ2) is 5.14. The lowest BCUT2D eigenvalue weighted by Gasteiger charge is -2.23. The van der Waals surface area contributed by atoms with Crippen LogP contribution in [-0.4, -0.2) is 36.4 Å². The molecule has 0 aliphatic carbocycles. The van der Waals surface area contributed by atoms with E-state index in [0.29, 0.717) is 6.42 Å². The van der Waals surface area contributed by atoms with Gasteiger partial charge in [-0.25, -0.2) is 0 Å². The molecule has 5 nitrogen and oxygen atoms in total. The SMILES string of the molecule is CCCCCC(=O)OC1OC(C)C(=O)C2OC12. The second-order valence-corrected chi connectivity index (χ2v) is 4.52. The van der Waals surface area contributed by atoms with Gasteiger partial charge >= 0.3 is 5.97 Å². The zero-order chi connectivity index (χ0) is 12.4. The molecule has 2 rings (SSSR count). The monoisotopic (exact) mass is 242 g/mol. The molecule has 0 bridgehead atoms. The quantitative estimate of drug-likeness (QED) is 0.411.